The van der Waals surface area contributed by atoms with E-state index in [1.165, 1.54) is 21.5 Å². The quantitative estimate of drug-likeness (QED) is 0.205. The average molecular weight is 473 g/mol. The van der Waals surface area contributed by atoms with Crippen molar-refractivity contribution in [1.82, 2.24) is 0 Å². The van der Waals surface area contributed by atoms with E-state index in [0.717, 1.165) is 51.5 Å². The van der Waals surface area contributed by atoms with Crippen LogP contribution in [0.4, 0.5) is 0 Å². The summed E-state index contributed by atoms with van der Waals surface area (Å²) in [7, 11) is 0.777. The van der Waals surface area contributed by atoms with E-state index in [9.17, 15) is 5.02 Å². The molecule has 3 heteroatoms. The SMILES string of the molecule is O[B]Oc1c2ccccc2c(-c2ccc3ccccc3c2)c2ccc(-c3ccc4ccccc4c3)cc12. The molecular formula is C34H22BO2. The van der Waals surface area contributed by atoms with E-state index >= 15 is 0 Å². The summed E-state index contributed by atoms with van der Waals surface area (Å²) >= 11 is 0. The zero-order chi connectivity index (χ0) is 24.8. The molecule has 0 saturated heterocycles. The summed E-state index contributed by atoms with van der Waals surface area (Å²) < 4.78 is 5.79. The molecule has 0 spiro atoms. The second kappa shape index (κ2) is 8.81. The average Bonchev–Trinajstić information content (AvgIpc) is 2.96. The maximum atomic E-state index is 9.70. The van der Waals surface area contributed by atoms with Gasteiger partial charge in [-0.3, -0.25) is 0 Å². The van der Waals surface area contributed by atoms with Gasteiger partial charge in [0.05, 0.1) is 0 Å². The monoisotopic (exact) mass is 473 g/mol. The number of hydrogen-bond acceptors (Lipinski definition) is 2. The fourth-order valence-electron chi connectivity index (χ4n) is 5.52. The number of benzene rings is 7. The van der Waals surface area contributed by atoms with E-state index in [1.807, 2.05) is 6.07 Å². The zero-order valence-electron chi connectivity index (χ0n) is 20.1. The van der Waals surface area contributed by atoms with Gasteiger partial charge in [-0.05, 0) is 72.8 Å². The lowest BCUT2D eigenvalue weighted by Crippen LogP contribution is -2.02. The highest BCUT2D eigenvalue weighted by Gasteiger charge is 2.17. The van der Waals surface area contributed by atoms with Crippen molar-refractivity contribution >= 4 is 50.8 Å². The van der Waals surface area contributed by atoms with Gasteiger partial charge in [0, 0.05) is 10.8 Å². The Hall–Kier alpha value is -4.60. The molecule has 2 nitrogen and oxygen atoms in total. The van der Waals surface area contributed by atoms with Crippen molar-refractivity contribution < 1.29 is 9.68 Å². The molecule has 7 rings (SSSR count). The predicted molar refractivity (Wildman–Crippen MR) is 156 cm³/mol. The molecule has 0 atom stereocenters. The van der Waals surface area contributed by atoms with E-state index in [2.05, 4.69) is 121 Å². The van der Waals surface area contributed by atoms with Crippen molar-refractivity contribution in [2.45, 2.75) is 0 Å². The van der Waals surface area contributed by atoms with Crippen LogP contribution in [0.25, 0.3) is 65.3 Å². The summed E-state index contributed by atoms with van der Waals surface area (Å²) in [5, 5.41) is 18.6. The topological polar surface area (TPSA) is 29.5 Å². The highest BCUT2D eigenvalue weighted by Crippen LogP contribution is 2.45. The van der Waals surface area contributed by atoms with Gasteiger partial charge in [0.25, 0.3) is 0 Å². The Bertz CT molecular complexity index is 1960. The minimum Gasteiger partial charge on any atom is -0.537 e. The molecule has 1 N–H and O–H groups in total. The molecule has 0 aliphatic heterocycles. The molecule has 0 saturated carbocycles. The van der Waals surface area contributed by atoms with E-state index in [4.69, 9.17) is 4.65 Å². The smallest absolute Gasteiger partial charge is 0.537 e. The first-order valence-electron chi connectivity index (χ1n) is 12.4. The molecule has 173 valence electrons. The normalized spacial score (nSPS) is 11.4. The largest absolute Gasteiger partial charge is 0.569 e. The van der Waals surface area contributed by atoms with Crippen LogP contribution in [0, 0.1) is 0 Å². The van der Waals surface area contributed by atoms with Gasteiger partial charge in [0.15, 0.2) is 0 Å². The minimum atomic E-state index is 0.653. The Labute approximate surface area is 215 Å². The van der Waals surface area contributed by atoms with Crippen LogP contribution in [0.2, 0.25) is 0 Å². The summed E-state index contributed by atoms with van der Waals surface area (Å²) in [6.45, 7) is 0. The highest BCUT2D eigenvalue weighted by molar-refractivity contribution is 6.23. The summed E-state index contributed by atoms with van der Waals surface area (Å²) in [5.74, 6) is 0.653. The molecule has 37 heavy (non-hydrogen) atoms. The van der Waals surface area contributed by atoms with Crippen molar-refractivity contribution in [3.63, 3.8) is 0 Å². The first-order valence-corrected chi connectivity index (χ1v) is 12.4. The number of fused-ring (bicyclic) bond motifs is 4. The molecule has 0 aliphatic rings. The van der Waals surface area contributed by atoms with Crippen LogP contribution in [0.5, 0.6) is 5.75 Å². The summed E-state index contributed by atoms with van der Waals surface area (Å²) in [4.78, 5) is 0. The lowest BCUT2D eigenvalue weighted by Gasteiger charge is -2.18. The molecule has 7 aromatic rings. The van der Waals surface area contributed by atoms with Crippen LogP contribution in [-0.2, 0) is 0 Å². The second-order valence-electron chi connectivity index (χ2n) is 9.36. The Balaban J connectivity index is 1.54. The van der Waals surface area contributed by atoms with E-state index < -0.39 is 0 Å². The third-order valence-electron chi connectivity index (χ3n) is 7.27. The number of hydrogen-bond donors (Lipinski definition) is 1. The van der Waals surface area contributed by atoms with Gasteiger partial charge in [-0.15, -0.1) is 0 Å². The summed E-state index contributed by atoms with van der Waals surface area (Å²) in [5.41, 5.74) is 4.55. The molecular weight excluding hydrogens is 451 g/mol. The fourth-order valence-corrected chi connectivity index (χ4v) is 5.52. The molecule has 0 amide bonds. The van der Waals surface area contributed by atoms with E-state index in [-0.39, 0.29) is 0 Å². The van der Waals surface area contributed by atoms with Crippen molar-refractivity contribution in [2.24, 2.45) is 0 Å². The lowest BCUT2D eigenvalue weighted by atomic mass is 9.88. The van der Waals surface area contributed by atoms with Crippen LogP contribution < -0.4 is 4.65 Å². The Morgan fingerprint density at radius 1 is 0.432 bits per heavy atom. The maximum absolute atomic E-state index is 9.70. The molecule has 7 aromatic carbocycles. The van der Waals surface area contributed by atoms with Crippen molar-refractivity contribution in [3.8, 4) is 28.0 Å². The Kier molecular flexibility index (Phi) is 5.16. The first-order chi connectivity index (χ1) is 18.3. The van der Waals surface area contributed by atoms with Gasteiger partial charge >= 0.3 is 7.69 Å². The number of rotatable bonds is 4. The van der Waals surface area contributed by atoms with Crippen LogP contribution in [0.1, 0.15) is 0 Å². The Morgan fingerprint density at radius 2 is 0.946 bits per heavy atom. The van der Waals surface area contributed by atoms with Gasteiger partial charge in [0.2, 0.25) is 0 Å². The molecule has 1 radical (unpaired) electrons. The van der Waals surface area contributed by atoms with Gasteiger partial charge in [-0.25, -0.2) is 0 Å². The van der Waals surface area contributed by atoms with Gasteiger partial charge < -0.3 is 9.68 Å². The van der Waals surface area contributed by atoms with Gasteiger partial charge in [-0.2, -0.15) is 0 Å². The van der Waals surface area contributed by atoms with E-state index in [1.54, 1.807) is 0 Å². The highest BCUT2D eigenvalue weighted by atomic mass is 16.5. The van der Waals surface area contributed by atoms with Gasteiger partial charge in [-0.1, -0.05) is 109 Å². The van der Waals surface area contributed by atoms with E-state index in [0.29, 0.717) is 5.75 Å². The molecule has 0 heterocycles. The summed E-state index contributed by atoms with van der Waals surface area (Å²) in [6, 6.07) is 44.8. The van der Waals surface area contributed by atoms with Crippen molar-refractivity contribution in [1.29, 1.82) is 0 Å². The van der Waals surface area contributed by atoms with Crippen molar-refractivity contribution in [2.75, 3.05) is 0 Å². The fraction of sp³-hybridized carbons (Fsp3) is 0. The maximum Gasteiger partial charge on any atom is 0.569 e. The Morgan fingerprint density at radius 3 is 1.65 bits per heavy atom. The van der Waals surface area contributed by atoms with Crippen LogP contribution in [0.15, 0.2) is 127 Å². The molecule has 0 fully saturated rings. The molecule has 0 aliphatic carbocycles. The minimum absolute atomic E-state index is 0.653. The lowest BCUT2D eigenvalue weighted by molar-refractivity contribution is 0.459. The van der Waals surface area contributed by atoms with Crippen molar-refractivity contribution in [3.05, 3.63) is 127 Å². The predicted octanol–water partition coefficient (Wildman–Crippen LogP) is 8.54. The third-order valence-corrected chi connectivity index (χ3v) is 7.27. The molecule has 0 bridgehead atoms. The van der Waals surface area contributed by atoms with Crippen LogP contribution in [-0.4, -0.2) is 12.7 Å². The van der Waals surface area contributed by atoms with Crippen LogP contribution in [0.3, 0.4) is 0 Å². The molecule has 0 aromatic heterocycles. The first kappa shape index (κ1) is 21.7. The summed E-state index contributed by atoms with van der Waals surface area (Å²) in [6.07, 6.45) is 0. The zero-order valence-corrected chi connectivity index (χ0v) is 20.1. The van der Waals surface area contributed by atoms with Gasteiger partial charge in [0.1, 0.15) is 5.75 Å². The standard InChI is InChI=1S/C34H22BO2/c36-35-37-34-31-12-6-5-11-29(31)33(28-16-14-23-8-2-4-10-25(23)20-28)30-18-17-27(21-32(30)34)26-15-13-22-7-1-3-9-24(22)19-26/h1-21,36H. The van der Waals surface area contributed by atoms with Crippen LogP contribution >= 0.6 is 0 Å². The second-order valence-corrected chi connectivity index (χ2v) is 9.36. The third kappa shape index (κ3) is 3.64. The molecule has 0 unspecified atom stereocenters.